The van der Waals surface area contributed by atoms with E-state index >= 15 is 0 Å². The van der Waals surface area contributed by atoms with Crippen LogP contribution in [0.5, 0.6) is 0 Å². The smallest absolute Gasteiger partial charge is 0.303 e. The predicted octanol–water partition coefficient (Wildman–Crippen LogP) is 3.43. The molecule has 0 atom stereocenters. The summed E-state index contributed by atoms with van der Waals surface area (Å²) in [6.45, 7) is 12.5. The zero-order chi connectivity index (χ0) is 25.5. The molecule has 1 heterocycles. The van der Waals surface area contributed by atoms with Crippen LogP contribution in [0.4, 0.5) is 5.69 Å². The van der Waals surface area contributed by atoms with Gasteiger partial charge in [-0.3, -0.25) is 18.7 Å². The molecule has 0 unspecified atom stereocenters. The van der Waals surface area contributed by atoms with E-state index < -0.39 is 10.0 Å². The number of aryl methyl sites for hydroxylation is 1. The fourth-order valence-electron chi connectivity index (χ4n) is 4.21. The highest BCUT2D eigenvalue weighted by Crippen LogP contribution is 2.13. The molecule has 0 radical (unpaired) electrons. The Morgan fingerprint density at radius 1 is 0.912 bits per heavy atom. The third kappa shape index (κ3) is 8.13. The summed E-state index contributed by atoms with van der Waals surface area (Å²) >= 11 is 0. The molecule has 0 spiro atoms. The molecule has 0 bridgehead atoms. The quantitative estimate of drug-likeness (QED) is 0.462. The normalized spacial score (nSPS) is 12.1. The summed E-state index contributed by atoms with van der Waals surface area (Å²) in [6, 6.07) is 8.90. The molecule has 0 fully saturated rings. The largest absolute Gasteiger partial charge is 0.331 e. The first-order chi connectivity index (χ1) is 15.9. The molecule has 0 aliphatic carbocycles. The molecule has 0 saturated heterocycles. The molecule has 190 valence electrons. The van der Waals surface area contributed by atoms with Gasteiger partial charge in [0, 0.05) is 36.1 Å². The summed E-state index contributed by atoms with van der Waals surface area (Å²) in [5, 5.41) is 0. The second-order valence-corrected chi connectivity index (χ2v) is 11.2. The predicted molar refractivity (Wildman–Crippen MR) is 139 cm³/mol. The molecule has 8 nitrogen and oxygen atoms in total. The van der Waals surface area contributed by atoms with E-state index in [2.05, 4.69) is 16.5 Å². The highest BCUT2D eigenvalue weighted by molar-refractivity contribution is 7.92. The van der Waals surface area contributed by atoms with Crippen LogP contribution in [-0.2, 0) is 22.9 Å². The minimum atomic E-state index is -3.28. The molecule has 34 heavy (non-hydrogen) atoms. The number of sulfonamides is 1. The first-order valence-electron chi connectivity index (χ1n) is 12.1. The maximum atomic E-state index is 12.9. The number of aromatic nitrogens is 2. The fourth-order valence-corrected chi connectivity index (χ4v) is 4.78. The molecule has 0 saturated carbocycles. The second kappa shape index (κ2) is 12.4. The van der Waals surface area contributed by atoms with Crippen LogP contribution in [0.15, 0.2) is 39.9 Å². The van der Waals surface area contributed by atoms with Gasteiger partial charge in [0.15, 0.2) is 0 Å². The Hall–Kier alpha value is -2.39. The SMILES string of the molecule is CCCN(CCCc1cc(=O)n(C(C)C)c(=O)n1C(C)C)CCc1ccc(NS(C)(=O)=O)cc1. The monoisotopic (exact) mass is 492 g/mol. The number of hydrogen-bond acceptors (Lipinski definition) is 5. The van der Waals surface area contributed by atoms with Gasteiger partial charge in [0.1, 0.15) is 0 Å². The molecule has 0 aliphatic heterocycles. The molecule has 0 aliphatic rings. The van der Waals surface area contributed by atoms with E-state index in [0.717, 1.165) is 56.4 Å². The minimum Gasteiger partial charge on any atom is -0.303 e. The van der Waals surface area contributed by atoms with E-state index in [1.165, 1.54) is 4.57 Å². The highest BCUT2D eigenvalue weighted by atomic mass is 32.2. The van der Waals surface area contributed by atoms with E-state index in [1.807, 2.05) is 39.8 Å². The second-order valence-electron chi connectivity index (χ2n) is 9.45. The summed E-state index contributed by atoms with van der Waals surface area (Å²) in [7, 11) is -3.28. The number of hydrogen-bond donors (Lipinski definition) is 1. The molecule has 2 aromatic rings. The Kier molecular flexibility index (Phi) is 10.1. The van der Waals surface area contributed by atoms with E-state index in [0.29, 0.717) is 12.1 Å². The number of benzene rings is 1. The Bertz CT molecular complexity index is 1150. The van der Waals surface area contributed by atoms with Crippen molar-refractivity contribution < 1.29 is 8.42 Å². The third-order valence-electron chi connectivity index (χ3n) is 5.70. The average Bonchev–Trinajstić information content (AvgIpc) is 2.71. The maximum absolute atomic E-state index is 12.9. The highest BCUT2D eigenvalue weighted by Gasteiger charge is 2.16. The van der Waals surface area contributed by atoms with Gasteiger partial charge in [0.05, 0.1) is 6.26 Å². The molecule has 1 aromatic heterocycles. The minimum absolute atomic E-state index is 0.0139. The van der Waals surface area contributed by atoms with Crippen LogP contribution >= 0.6 is 0 Å². The zero-order valence-electron chi connectivity index (χ0n) is 21.4. The number of nitrogens with one attached hydrogen (secondary N) is 1. The Morgan fingerprint density at radius 3 is 2.06 bits per heavy atom. The Morgan fingerprint density at radius 2 is 1.53 bits per heavy atom. The number of nitrogens with zero attached hydrogens (tertiary/aromatic N) is 3. The zero-order valence-corrected chi connectivity index (χ0v) is 22.2. The molecular formula is C25H40N4O4S. The van der Waals surface area contributed by atoms with Gasteiger partial charge in [0.2, 0.25) is 10.0 Å². The van der Waals surface area contributed by atoms with E-state index in [1.54, 1.807) is 22.8 Å². The van der Waals surface area contributed by atoms with Crippen molar-refractivity contribution in [2.75, 3.05) is 30.6 Å². The van der Waals surface area contributed by atoms with E-state index in [-0.39, 0.29) is 23.3 Å². The van der Waals surface area contributed by atoms with Gasteiger partial charge in [-0.2, -0.15) is 0 Å². The Labute approximate surface area is 203 Å². The lowest BCUT2D eigenvalue weighted by Gasteiger charge is -2.23. The standard InChI is InChI=1S/C25H40N4O4S/c1-7-15-27(17-14-21-10-12-22(13-11-21)26-34(6,32)33)16-8-9-23-18-24(30)29(20(4)5)25(31)28(23)19(2)3/h10-13,18-20,26H,7-9,14-17H2,1-6H3. The number of anilines is 1. The first-order valence-corrected chi connectivity index (χ1v) is 14.0. The fraction of sp³-hybridized carbons (Fsp3) is 0.600. The maximum Gasteiger partial charge on any atom is 0.331 e. The third-order valence-corrected chi connectivity index (χ3v) is 6.31. The van der Waals surface area contributed by atoms with Gasteiger partial charge in [-0.05, 0) is 84.2 Å². The summed E-state index contributed by atoms with van der Waals surface area (Å²) in [4.78, 5) is 27.9. The van der Waals surface area contributed by atoms with E-state index in [9.17, 15) is 18.0 Å². The molecule has 0 amide bonds. The average molecular weight is 493 g/mol. The van der Waals surface area contributed by atoms with Crippen molar-refractivity contribution >= 4 is 15.7 Å². The van der Waals surface area contributed by atoms with Crippen LogP contribution in [0, 0.1) is 0 Å². The van der Waals surface area contributed by atoms with Gasteiger partial charge >= 0.3 is 5.69 Å². The Balaban J connectivity index is 2.02. The van der Waals surface area contributed by atoms with Crippen LogP contribution in [0.2, 0.25) is 0 Å². The van der Waals surface area contributed by atoms with Crippen molar-refractivity contribution in [2.45, 2.75) is 72.4 Å². The molecular weight excluding hydrogens is 452 g/mol. The van der Waals surface area contributed by atoms with Crippen LogP contribution in [0.1, 0.15) is 70.8 Å². The van der Waals surface area contributed by atoms with Gasteiger partial charge in [-0.1, -0.05) is 19.1 Å². The summed E-state index contributed by atoms with van der Waals surface area (Å²) in [5.74, 6) is 0. The lowest BCUT2D eigenvalue weighted by molar-refractivity contribution is 0.273. The lowest BCUT2D eigenvalue weighted by atomic mass is 10.1. The lowest BCUT2D eigenvalue weighted by Crippen LogP contribution is -2.42. The molecule has 1 aromatic carbocycles. The topological polar surface area (TPSA) is 93.4 Å². The van der Waals surface area contributed by atoms with Crippen LogP contribution in [0.25, 0.3) is 0 Å². The van der Waals surface area contributed by atoms with Crippen molar-refractivity contribution in [3.63, 3.8) is 0 Å². The summed E-state index contributed by atoms with van der Waals surface area (Å²) in [6.07, 6.45) is 4.57. The van der Waals surface area contributed by atoms with Crippen molar-refractivity contribution in [2.24, 2.45) is 0 Å². The van der Waals surface area contributed by atoms with Crippen LogP contribution in [-0.4, -0.2) is 48.3 Å². The van der Waals surface area contributed by atoms with Gasteiger partial charge in [-0.15, -0.1) is 0 Å². The van der Waals surface area contributed by atoms with Crippen LogP contribution in [0.3, 0.4) is 0 Å². The first kappa shape index (κ1) is 27.9. The van der Waals surface area contributed by atoms with Crippen molar-refractivity contribution in [1.29, 1.82) is 0 Å². The van der Waals surface area contributed by atoms with Gasteiger partial charge < -0.3 is 4.90 Å². The summed E-state index contributed by atoms with van der Waals surface area (Å²) < 4.78 is 28.3. The van der Waals surface area contributed by atoms with Crippen molar-refractivity contribution in [1.82, 2.24) is 14.0 Å². The summed E-state index contributed by atoms with van der Waals surface area (Å²) in [5.41, 5.74) is 2.04. The van der Waals surface area contributed by atoms with E-state index in [4.69, 9.17) is 0 Å². The molecule has 1 N–H and O–H groups in total. The van der Waals surface area contributed by atoms with Crippen molar-refractivity contribution in [3.8, 4) is 0 Å². The van der Waals surface area contributed by atoms with Crippen LogP contribution < -0.4 is 16.0 Å². The van der Waals surface area contributed by atoms with Gasteiger partial charge in [0.25, 0.3) is 5.56 Å². The van der Waals surface area contributed by atoms with Gasteiger partial charge in [-0.25, -0.2) is 13.2 Å². The number of rotatable bonds is 13. The van der Waals surface area contributed by atoms with Crippen molar-refractivity contribution in [3.05, 3.63) is 62.4 Å². The molecule has 9 heteroatoms. The molecule has 2 rings (SSSR count).